The lowest BCUT2D eigenvalue weighted by molar-refractivity contribution is 0.349. The molecule has 0 nitrogen and oxygen atoms in total. The number of benzene rings is 1. The Balaban J connectivity index is 3.13. The van der Waals surface area contributed by atoms with Crippen LogP contribution in [0, 0.1) is 0 Å². The molecule has 1 rings (SSSR count). The third kappa shape index (κ3) is 2.79. The second-order valence-electron chi connectivity index (χ2n) is 3.25. The van der Waals surface area contributed by atoms with Crippen LogP contribution in [0.1, 0.15) is 25.0 Å². The average Bonchev–Trinajstić information content (AvgIpc) is 2.03. The zero-order valence-corrected chi connectivity index (χ0v) is 9.93. The van der Waals surface area contributed by atoms with Crippen LogP contribution >= 0.6 is 22.6 Å². The monoisotopic (exact) mass is 290 g/mol. The van der Waals surface area contributed by atoms with Gasteiger partial charge in [0.05, 0.1) is 0 Å². The molecule has 1 atom stereocenters. The Kier molecular flexibility index (Phi) is 3.11. The first-order valence-electron chi connectivity index (χ1n) is 4.05. The van der Waals surface area contributed by atoms with E-state index >= 15 is 0 Å². The van der Waals surface area contributed by atoms with Crippen LogP contribution in [0.25, 0.3) is 5.57 Å². The van der Waals surface area contributed by atoms with Crippen molar-refractivity contribution in [2.24, 2.45) is 0 Å². The molecule has 1 aromatic carbocycles. The fourth-order valence-electron chi connectivity index (χ4n) is 1.06. The first kappa shape index (κ1) is 10.7. The summed E-state index contributed by atoms with van der Waals surface area (Å²) >= 11 is 1.79. The molecule has 1 aromatic rings. The molecule has 0 saturated heterocycles. The summed E-state index contributed by atoms with van der Waals surface area (Å²) in [5, 5.41) is 0. The topological polar surface area (TPSA) is 0 Å². The van der Waals surface area contributed by atoms with E-state index in [0.717, 1.165) is 11.1 Å². The van der Waals surface area contributed by atoms with E-state index in [-0.39, 0.29) is 0 Å². The molecule has 0 N–H and O–H groups in total. The summed E-state index contributed by atoms with van der Waals surface area (Å²) in [6.07, 6.45) is 0. The van der Waals surface area contributed by atoms with Crippen LogP contribution in [0.2, 0.25) is 0 Å². The highest BCUT2D eigenvalue weighted by Crippen LogP contribution is 2.33. The van der Waals surface area contributed by atoms with Gasteiger partial charge in [-0.05, 0) is 53.6 Å². The minimum atomic E-state index is -1.30. The normalized spacial score (nSPS) is 15.1. The maximum atomic E-state index is 13.5. The summed E-state index contributed by atoms with van der Waals surface area (Å²) in [5.74, 6) is 0. The van der Waals surface area contributed by atoms with E-state index in [1.807, 2.05) is 25.1 Å². The molecule has 0 amide bonds. The van der Waals surface area contributed by atoms with E-state index in [0.29, 0.717) is 5.56 Å². The molecular weight excluding hydrogens is 278 g/mol. The van der Waals surface area contributed by atoms with Crippen molar-refractivity contribution in [3.63, 3.8) is 0 Å². The van der Waals surface area contributed by atoms with Crippen LogP contribution in [0.5, 0.6) is 0 Å². The molecule has 0 radical (unpaired) electrons. The Morgan fingerprint density at radius 1 is 1.54 bits per heavy atom. The van der Waals surface area contributed by atoms with Crippen molar-refractivity contribution in [3.05, 3.63) is 42.0 Å². The molecule has 1 unspecified atom stereocenters. The van der Waals surface area contributed by atoms with Gasteiger partial charge in [-0.1, -0.05) is 30.4 Å². The predicted octanol–water partition coefficient (Wildman–Crippen LogP) is 4.30. The molecule has 0 aliphatic rings. The van der Waals surface area contributed by atoms with Gasteiger partial charge in [0.1, 0.15) is 0 Å². The van der Waals surface area contributed by atoms with Crippen LogP contribution in [0.4, 0.5) is 4.39 Å². The second-order valence-corrected chi connectivity index (χ2v) is 5.28. The summed E-state index contributed by atoms with van der Waals surface area (Å²) < 4.78 is 12.2. The largest absolute Gasteiger partial charge is 0.227 e. The van der Waals surface area contributed by atoms with Crippen molar-refractivity contribution in [1.29, 1.82) is 0 Å². The van der Waals surface area contributed by atoms with Gasteiger partial charge in [0.2, 0.25) is 0 Å². The second kappa shape index (κ2) is 3.78. The first-order chi connectivity index (χ1) is 5.91. The molecule has 0 heterocycles. The summed E-state index contributed by atoms with van der Waals surface area (Å²) in [5.41, 5.74) is 2.65. The SMILES string of the molecule is C=C(C)c1cccc(C(C)(F)I)c1. The van der Waals surface area contributed by atoms with E-state index in [1.54, 1.807) is 35.6 Å². The lowest BCUT2D eigenvalue weighted by Crippen LogP contribution is -2.04. The molecule has 0 saturated carbocycles. The highest BCUT2D eigenvalue weighted by Gasteiger charge is 2.20. The standard InChI is InChI=1S/C11H12FI/c1-8(2)9-5-4-6-10(7-9)11(3,12)13/h4-7H,1H2,2-3H3. The number of halogens is 2. The lowest BCUT2D eigenvalue weighted by Gasteiger charge is -2.13. The van der Waals surface area contributed by atoms with Crippen LogP contribution in [0.3, 0.4) is 0 Å². The van der Waals surface area contributed by atoms with Gasteiger partial charge < -0.3 is 0 Å². The van der Waals surface area contributed by atoms with Gasteiger partial charge in [-0.15, -0.1) is 0 Å². The molecule has 0 bridgehead atoms. The van der Waals surface area contributed by atoms with E-state index in [4.69, 9.17) is 0 Å². The van der Waals surface area contributed by atoms with Gasteiger partial charge in [-0.25, -0.2) is 4.39 Å². The van der Waals surface area contributed by atoms with Crippen molar-refractivity contribution in [2.45, 2.75) is 17.5 Å². The van der Waals surface area contributed by atoms with Crippen molar-refractivity contribution >= 4 is 28.2 Å². The van der Waals surface area contributed by atoms with Crippen molar-refractivity contribution in [1.82, 2.24) is 0 Å². The fourth-order valence-corrected chi connectivity index (χ4v) is 1.39. The molecule has 0 fully saturated rings. The predicted molar refractivity (Wildman–Crippen MR) is 63.6 cm³/mol. The average molecular weight is 290 g/mol. The minimum Gasteiger partial charge on any atom is -0.227 e. The van der Waals surface area contributed by atoms with E-state index < -0.39 is 3.68 Å². The molecule has 2 heteroatoms. The first-order valence-corrected chi connectivity index (χ1v) is 5.13. The van der Waals surface area contributed by atoms with Crippen LogP contribution < -0.4 is 0 Å². The van der Waals surface area contributed by atoms with Crippen LogP contribution in [0.15, 0.2) is 30.8 Å². The van der Waals surface area contributed by atoms with Gasteiger partial charge >= 0.3 is 0 Å². The Morgan fingerprint density at radius 2 is 2.15 bits per heavy atom. The van der Waals surface area contributed by atoms with Crippen molar-refractivity contribution in [2.75, 3.05) is 0 Å². The summed E-state index contributed by atoms with van der Waals surface area (Å²) in [4.78, 5) is 0. The molecular formula is C11H12FI. The van der Waals surface area contributed by atoms with E-state index in [1.165, 1.54) is 0 Å². The van der Waals surface area contributed by atoms with Crippen LogP contribution in [-0.2, 0) is 3.68 Å². The molecule has 0 spiro atoms. The van der Waals surface area contributed by atoms with E-state index in [2.05, 4.69) is 6.58 Å². The molecule has 0 aromatic heterocycles. The third-order valence-corrected chi connectivity index (χ3v) is 2.49. The Hall–Kier alpha value is -0.380. The van der Waals surface area contributed by atoms with Gasteiger partial charge in [0.25, 0.3) is 0 Å². The number of hydrogen-bond donors (Lipinski definition) is 0. The Morgan fingerprint density at radius 3 is 2.62 bits per heavy atom. The maximum absolute atomic E-state index is 13.5. The van der Waals surface area contributed by atoms with Gasteiger partial charge in [-0.2, -0.15) is 0 Å². The number of allylic oxidation sites excluding steroid dienone is 1. The zero-order chi connectivity index (χ0) is 10.1. The Labute approximate surface area is 92.0 Å². The number of alkyl halides is 2. The van der Waals surface area contributed by atoms with Gasteiger partial charge in [-0.3, -0.25) is 0 Å². The third-order valence-electron chi connectivity index (χ3n) is 1.86. The molecule has 70 valence electrons. The van der Waals surface area contributed by atoms with Gasteiger partial charge in [0, 0.05) is 0 Å². The fraction of sp³-hybridized carbons (Fsp3) is 0.273. The minimum absolute atomic E-state index is 0.689. The summed E-state index contributed by atoms with van der Waals surface area (Å²) in [6, 6.07) is 7.43. The van der Waals surface area contributed by atoms with Crippen molar-refractivity contribution < 1.29 is 4.39 Å². The quantitative estimate of drug-likeness (QED) is 0.563. The van der Waals surface area contributed by atoms with E-state index in [9.17, 15) is 4.39 Å². The molecule has 0 aliphatic carbocycles. The number of hydrogen-bond acceptors (Lipinski definition) is 0. The maximum Gasteiger partial charge on any atom is 0.183 e. The summed E-state index contributed by atoms with van der Waals surface area (Å²) in [6.45, 7) is 7.29. The smallest absolute Gasteiger partial charge is 0.183 e. The zero-order valence-electron chi connectivity index (χ0n) is 7.77. The molecule has 13 heavy (non-hydrogen) atoms. The highest BCUT2D eigenvalue weighted by molar-refractivity contribution is 14.1. The molecule has 0 aliphatic heterocycles. The van der Waals surface area contributed by atoms with Gasteiger partial charge in [0.15, 0.2) is 3.68 Å². The lowest BCUT2D eigenvalue weighted by atomic mass is 10.0. The van der Waals surface area contributed by atoms with Crippen LogP contribution in [-0.4, -0.2) is 0 Å². The van der Waals surface area contributed by atoms with Crippen molar-refractivity contribution in [3.8, 4) is 0 Å². The highest BCUT2D eigenvalue weighted by atomic mass is 127. The Bertz CT molecular complexity index is 323. The summed E-state index contributed by atoms with van der Waals surface area (Å²) in [7, 11) is 0. The number of rotatable bonds is 2.